The van der Waals surface area contributed by atoms with Gasteiger partial charge in [-0.25, -0.2) is 8.78 Å². The van der Waals surface area contributed by atoms with E-state index in [-0.39, 0.29) is 38.0 Å². The number of piperidine rings is 1. The number of hydrogen-bond acceptors (Lipinski definition) is 2. The number of nitrogens with one attached hydrogen (secondary N) is 1. The fourth-order valence-electron chi connectivity index (χ4n) is 1.03. The van der Waals surface area contributed by atoms with Crippen LogP contribution >= 0.6 is 12.4 Å². The van der Waals surface area contributed by atoms with Gasteiger partial charge in [-0.15, -0.1) is 12.4 Å². The van der Waals surface area contributed by atoms with Gasteiger partial charge < -0.3 is 10.4 Å². The van der Waals surface area contributed by atoms with E-state index in [1.54, 1.807) is 0 Å². The van der Waals surface area contributed by atoms with Gasteiger partial charge in [0.1, 0.15) is 0 Å². The highest BCUT2D eigenvalue weighted by atomic mass is 35.5. The lowest BCUT2D eigenvalue weighted by Gasteiger charge is -2.28. The Balaban J connectivity index is 0.000001000. The summed E-state index contributed by atoms with van der Waals surface area (Å²) in [4.78, 5) is 0. The molecular formula is C6H12ClF2NO. The van der Waals surface area contributed by atoms with Crippen molar-refractivity contribution in [3.05, 3.63) is 0 Å². The van der Waals surface area contributed by atoms with E-state index in [4.69, 9.17) is 5.11 Å². The van der Waals surface area contributed by atoms with Crippen LogP contribution in [-0.4, -0.2) is 30.2 Å². The molecule has 0 unspecified atom stereocenters. The van der Waals surface area contributed by atoms with Crippen LogP contribution in [0.1, 0.15) is 12.8 Å². The molecular weight excluding hydrogens is 176 g/mol. The highest BCUT2D eigenvalue weighted by Gasteiger charge is 2.34. The Bertz CT molecular complexity index is 113. The number of aliphatic hydroxyl groups is 1. The van der Waals surface area contributed by atoms with Gasteiger partial charge in [0.25, 0.3) is 5.92 Å². The fourth-order valence-corrected chi connectivity index (χ4v) is 1.03. The standard InChI is InChI=1S/C6H11F2NO.ClH/c7-6(8)2-1-5(3-10)9-4-6;/h5,9-10H,1-4H2;1H/t5-;/m0./s1. The van der Waals surface area contributed by atoms with E-state index in [0.717, 1.165) is 0 Å². The van der Waals surface area contributed by atoms with Crippen LogP contribution in [-0.2, 0) is 0 Å². The van der Waals surface area contributed by atoms with E-state index in [0.29, 0.717) is 6.42 Å². The zero-order chi connectivity index (χ0) is 7.61. The van der Waals surface area contributed by atoms with Crippen molar-refractivity contribution in [1.29, 1.82) is 0 Å². The summed E-state index contributed by atoms with van der Waals surface area (Å²) in [7, 11) is 0. The molecule has 1 aliphatic rings. The Kier molecular flexibility index (Phi) is 4.21. The molecule has 1 aliphatic heterocycles. The lowest BCUT2D eigenvalue weighted by molar-refractivity contribution is -0.0344. The van der Waals surface area contributed by atoms with E-state index in [1.165, 1.54) is 0 Å². The average Bonchev–Trinajstić information content (AvgIpc) is 1.88. The van der Waals surface area contributed by atoms with E-state index in [2.05, 4.69) is 5.32 Å². The third kappa shape index (κ3) is 3.31. The van der Waals surface area contributed by atoms with Gasteiger partial charge in [0.15, 0.2) is 0 Å². The van der Waals surface area contributed by atoms with Crippen molar-refractivity contribution >= 4 is 12.4 Å². The number of rotatable bonds is 1. The highest BCUT2D eigenvalue weighted by Crippen LogP contribution is 2.23. The molecule has 0 aromatic rings. The second-order valence-corrected chi connectivity index (χ2v) is 2.66. The van der Waals surface area contributed by atoms with Gasteiger partial charge in [0.05, 0.1) is 13.2 Å². The topological polar surface area (TPSA) is 32.3 Å². The zero-order valence-corrected chi connectivity index (χ0v) is 6.83. The second kappa shape index (κ2) is 4.18. The molecule has 0 aliphatic carbocycles. The Hall–Kier alpha value is 0.0700. The number of alkyl halides is 2. The molecule has 11 heavy (non-hydrogen) atoms. The van der Waals surface area contributed by atoms with Crippen LogP contribution in [0.2, 0.25) is 0 Å². The van der Waals surface area contributed by atoms with Gasteiger partial charge in [-0.3, -0.25) is 0 Å². The highest BCUT2D eigenvalue weighted by molar-refractivity contribution is 5.85. The summed E-state index contributed by atoms with van der Waals surface area (Å²) in [6.07, 6.45) is 0.259. The molecule has 5 heteroatoms. The van der Waals surface area contributed by atoms with Crippen LogP contribution in [0.4, 0.5) is 8.78 Å². The van der Waals surface area contributed by atoms with Gasteiger partial charge in [0.2, 0.25) is 0 Å². The maximum Gasteiger partial charge on any atom is 0.260 e. The SMILES string of the molecule is Cl.OC[C@@H]1CCC(F)(F)CN1. The third-order valence-electron chi connectivity index (χ3n) is 1.73. The van der Waals surface area contributed by atoms with Crippen molar-refractivity contribution in [1.82, 2.24) is 5.32 Å². The van der Waals surface area contributed by atoms with Crippen molar-refractivity contribution < 1.29 is 13.9 Å². The predicted molar refractivity (Wildman–Crippen MR) is 40.3 cm³/mol. The van der Waals surface area contributed by atoms with Crippen molar-refractivity contribution in [3.8, 4) is 0 Å². The molecule has 0 saturated carbocycles. The molecule has 1 rings (SSSR count). The van der Waals surface area contributed by atoms with E-state index in [9.17, 15) is 8.78 Å². The normalized spacial score (nSPS) is 29.2. The van der Waals surface area contributed by atoms with Crippen molar-refractivity contribution in [2.45, 2.75) is 24.8 Å². The zero-order valence-electron chi connectivity index (χ0n) is 6.02. The van der Waals surface area contributed by atoms with Crippen LogP contribution < -0.4 is 5.32 Å². The Morgan fingerprint density at radius 3 is 2.55 bits per heavy atom. The molecule has 0 aromatic carbocycles. The van der Waals surface area contributed by atoms with E-state index < -0.39 is 5.92 Å². The lowest BCUT2D eigenvalue weighted by Crippen LogP contribution is -2.46. The van der Waals surface area contributed by atoms with E-state index in [1.807, 2.05) is 0 Å². The Morgan fingerprint density at radius 2 is 2.18 bits per heavy atom. The second-order valence-electron chi connectivity index (χ2n) is 2.66. The molecule has 0 aromatic heterocycles. The number of hydrogen-bond donors (Lipinski definition) is 2. The summed E-state index contributed by atoms with van der Waals surface area (Å²) >= 11 is 0. The first kappa shape index (κ1) is 11.1. The summed E-state index contributed by atoms with van der Waals surface area (Å²) in [5, 5.41) is 11.1. The van der Waals surface area contributed by atoms with Crippen molar-refractivity contribution in [2.24, 2.45) is 0 Å². The maximum absolute atomic E-state index is 12.4. The van der Waals surface area contributed by atoms with Gasteiger partial charge in [-0.1, -0.05) is 0 Å². The van der Waals surface area contributed by atoms with Crippen LogP contribution in [0.3, 0.4) is 0 Å². The third-order valence-corrected chi connectivity index (χ3v) is 1.73. The van der Waals surface area contributed by atoms with Gasteiger partial charge in [-0.2, -0.15) is 0 Å². The minimum Gasteiger partial charge on any atom is -0.395 e. The number of halogens is 3. The number of aliphatic hydroxyl groups excluding tert-OH is 1. The smallest absolute Gasteiger partial charge is 0.260 e. The average molecular weight is 188 g/mol. The molecule has 2 nitrogen and oxygen atoms in total. The molecule has 0 bridgehead atoms. The first-order valence-electron chi connectivity index (χ1n) is 3.36. The fraction of sp³-hybridized carbons (Fsp3) is 1.00. The molecule has 1 atom stereocenters. The van der Waals surface area contributed by atoms with Crippen molar-refractivity contribution in [2.75, 3.05) is 13.2 Å². The van der Waals surface area contributed by atoms with Crippen molar-refractivity contribution in [3.63, 3.8) is 0 Å². The molecule has 1 saturated heterocycles. The van der Waals surface area contributed by atoms with Gasteiger partial charge >= 0.3 is 0 Å². The van der Waals surface area contributed by atoms with Gasteiger partial charge in [-0.05, 0) is 6.42 Å². The van der Waals surface area contributed by atoms with E-state index >= 15 is 0 Å². The molecule has 1 fully saturated rings. The largest absolute Gasteiger partial charge is 0.395 e. The van der Waals surface area contributed by atoms with Crippen LogP contribution in [0.15, 0.2) is 0 Å². The lowest BCUT2D eigenvalue weighted by atomic mass is 10.0. The quantitative estimate of drug-likeness (QED) is 0.636. The molecule has 0 amide bonds. The summed E-state index contributed by atoms with van der Waals surface area (Å²) in [5.41, 5.74) is 0. The minimum atomic E-state index is -2.56. The molecule has 0 radical (unpaired) electrons. The Labute approximate surface area is 70.4 Å². The summed E-state index contributed by atoms with van der Waals surface area (Å²) in [6, 6.07) is -0.125. The van der Waals surface area contributed by atoms with Crippen LogP contribution in [0, 0.1) is 0 Å². The van der Waals surface area contributed by atoms with Crippen LogP contribution in [0.5, 0.6) is 0 Å². The Morgan fingerprint density at radius 1 is 1.55 bits per heavy atom. The first-order chi connectivity index (χ1) is 4.64. The van der Waals surface area contributed by atoms with Crippen LogP contribution in [0.25, 0.3) is 0 Å². The molecule has 0 spiro atoms. The molecule has 1 heterocycles. The summed E-state index contributed by atoms with van der Waals surface area (Å²) in [6.45, 7) is -0.339. The first-order valence-corrected chi connectivity index (χ1v) is 3.36. The monoisotopic (exact) mass is 187 g/mol. The summed E-state index contributed by atoms with van der Waals surface area (Å²) in [5.74, 6) is -2.56. The minimum absolute atomic E-state index is 0. The maximum atomic E-state index is 12.4. The molecule has 2 N–H and O–H groups in total. The predicted octanol–water partition coefficient (Wildman–Crippen LogP) is 0.788. The molecule has 68 valence electrons. The van der Waals surface area contributed by atoms with Gasteiger partial charge in [0, 0.05) is 12.5 Å². The summed E-state index contributed by atoms with van der Waals surface area (Å²) < 4.78 is 24.7.